The van der Waals surface area contributed by atoms with E-state index in [1.807, 2.05) is 0 Å². The van der Waals surface area contributed by atoms with Crippen LogP contribution in [0.5, 0.6) is 0 Å². The summed E-state index contributed by atoms with van der Waals surface area (Å²) in [5.41, 5.74) is -0.713. The van der Waals surface area contributed by atoms with E-state index in [1.165, 1.54) is 0 Å². The van der Waals surface area contributed by atoms with Crippen molar-refractivity contribution in [2.24, 2.45) is 10.8 Å². The molecule has 0 aromatic rings. The van der Waals surface area contributed by atoms with Gasteiger partial charge < -0.3 is 9.47 Å². The topological polar surface area (TPSA) is 52.6 Å². The van der Waals surface area contributed by atoms with Gasteiger partial charge in [-0.25, -0.2) is 0 Å². The summed E-state index contributed by atoms with van der Waals surface area (Å²) < 4.78 is 10.8. The molecule has 6 aliphatic rings. The Kier molecular flexibility index (Phi) is 5.08. The Morgan fingerprint density at radius 1 is 0.652 bits per heavy atom. The fraction of sp³-hybridized carbons (Fsp3) is 0.789. The lowest BCUT2D eigenvalue weighted by Crippen LogP contribution is -2.69. The van der Waals surface area contributed by atoms with Crippen LogP contribution in [-0.2, 0) is 19.1 Å². The van der Waals surface area contributed by atoms with Gasteiger partial charge >= 0.3 is 11.9 Å². The highest BCUT2D eigenvalue weighted by molar-refractivity contribution is 5.91. The molecule has 0 radical (unpaired) electrons. The molecule has 0 saturated heterocycles. The summed E-state index contributed by atoms with van der Waals surface area (Å²) in [4.78, 5) is 24.3. The van der Waals surface area contributed by atoms with Crippen molar-refractivity contribution in [1.29, 1.82) is 0 Å². The molecular formula is C19H28O4. The number of ether oxygens (including phenoxy) is 2. The Morgan fingerprint density at radius 3 is 1.52 bits per heavy atom. The van der Waals surface area contributed by atoms with Crippen LogP contribution >= 0.6 is 0 Å². The lowest BCUT2D eigenvalue weighted by Gasteiger charge is -2.66. The van der Waals surface area contributed by atoms with Crippen molar-refractivity contribution < 1.29 is 19.1 Å². The van der Waals surface area contributed by atoms with E-state index in [0.717, 1.165) is 51.4 Å². The van der Waals surface area contributed by atoms with Gasteiger partial charge in [0.25, 0.3) is 0 Å². The Hall–Kier alpha value is -1.32. The van der Waals surface area contributed by atoms with Gasteiger partial charge in [0, 0.05) is 0 Å². The van der Waals surface area contributed by atoms with E-state index in [0.29, 0.717) is 32.5 Å². The minimum atomic E-state index is -0.356. The van der Waals surface area contributed by atoms with Crippen molar-refractivity contribution in [3.63, 3.8) is 0 Å². The van der Waals surface area contributed by atoms with E-state index in [4.69, 9.17) is 9.47 Å². The van der Waals surface area contributed by atoms with Crippen LogP contribution in [0.4, 0.5) is 0 Å². The average Bonchev–Trinajstić information content (AvgIpc) is 2.44. The zero-order chi connectivity index (χ0) is 16.2. The van der Waals surface area contributed by atoms with E-state index in [1.54, 1.807) is 0 Å². The summed E-state index contributed by atoms with van der Waals surface area (Å²) in [6.45, 7) is 1.03. The van der Waals surface area contributed by atoms with Gasteiger partial charge in [-0.05, 0) is 70.6 Å². The second-order valence-corrected chi connectivity index (χ2v) is 7.53. The highest BCUT2D eigenvalue weighted by Gasteiger charge is 2.76. The van der Waals surface area contributed by atoms with Crippen molar-refractivity contribution in [2.75, 3.05) is 13.2 Å². The number of carbonyl (C=O) groups is 2. The third-order valence-corrected chi connectivity index (χ3v) is 5.56. The molecule has 0 amide bonds. The fourth-order valence-electron chi connectivity index (χ4n) is 4.17. The Balaban J connectivity index is 1.49. The number of hydrogen-bond acceptors (Lipinski definition) is 4. The largest absolute Gasteiger partial charge is 0.465 e. The van der Waals surface area contributed by atoms with Crippen LogP contribution in [0.2, 0.25) is 0 Å². The quantitative estimate of drug-likeness (QED) is 0.501. The predicted octanol–water partition coefficient (Wildman–Crippen LogP) is 3.93. The molecule has 6 rings (SSSR count). The molecule has 3 fully saturated rings. The van der Waals surface area contributed by atoms with E-state index in [9.17, 15) is 9.59 Å². The highest BCUT2D eigenvalue weighted by atomic mass is 16.5. The van der Waals surface area contributed by atoms with Crippen LogP contribution in [0.25, 0.3) is 0 Å². The fourth-order valence-corrected chi connectivity index (χ4v) is 4.17. The number of esters is 2. The van der Waals surface area contributed by atoms with E-state index >= 15 is 0 Å². The summed E-state index contributed by atoms with van der Waals surface area (Å²) in [7, 11) is 0. The molecule has 4 nitrogen and oxygen atoms in total. The van der Waals surface area contributed by atoms with Crippen LogP contribution in [0.1, 0.15) is 70.6 Å². The average molecular weight is 320 g/mol. The van der Waals surface area contributed by atoms with Crippen LogP contribution in [-0.4, -0.2) is 25.2 Å². The Morgan fingerprint density at radius 2 is 1.09 bits per heavy atom. The molecule has 2 bridgehead atoms. The smallest absolute Gasteiger partial charge is 0.312 e. The van der Waals surface area contributed by atoms with Gasteiger partial charge in [-0.3, -0.25) is 9.59 Å². The summed E-state index contributed by atoms with van der Waals surface area (Å²) >= 11 is 0. The lowest BCUT2D eigenvalue weighted by atomic mass is 9.35. The SMILES string of the molecule is O=C1OCCCCC/C=C/CCCCCOC(=O)C23CC1(C2)C3. The molecule has 0 unspecified atom stereocenters. The maximum atomic E-state index is 12.2. The molecule has 0 N–H and O–H groups in total. The van der Waals surface area contributed by atoms with Gasteiger partial charge in [0.2, 0.25) is 0 Å². The van der Waals surface area contributed by atoms with Gasteiger partial charge in [-0.1, -0.05) is 12.2 Å². The number of carbonyl (C=O) groups excluding carboxylic acids is 2. The summed E-state index contributed by atoms with van der Waals surface area (Å²) in [5, 5.41) is 0. The van der Waals surface area contributed by atoms with E-state index in [2.05, 4.69) is 12.2 Å². The Labute approximate surface area is 138 Å². The highest BCUT2D eigenvalue weighted by Crippen LogP contribution is 2.74. The van der Waals surface area contributed by atoms with Crippen LogP contribution in [0.15, 0.2) is 12.2 Å². The van der Waals surface area contributed by atoms with Crippen LogP contribution in [0, 0.1) is 10.8 Å². The van der Waals surface area contributed by atoms with Crippen molar-refractivity contribution in [3.05, 3.63) is 12.2 Å². The van der Waals surface area contributed by atoms with E-state index in [-0.39, 0.29) is 22.8 Å². The third kappa shape index (κ3) is 3.46. The van der Waals surface area contributed by atoms with Gasteiger partial charge in [-0.2, -0.15) is 0 Å². The van der Waals surface area contributed by atoms with Crippen molar-refractivity contribution in [3.8, 4) is 0 Å². The first-order valence-electron chi connectivity index (χ1n) is 9.16. The molecule has 23 heavy (non-hydrogen) atoms. The third-order valence-electron chi connectivity index (χ3n) is 5.56. The van der Waals surface area contributed by atoms with Crippen molar-refractivity contribution >= 4 is 11.9 Å². The van der Waals surface area contributed by atoms with Gasteiger partial charge in [0.1, 0.15) is 0 Å². The maximum Gasteiger partial charge on any atom is 0.312 e. The molecular weight excluding hydrogens is 292 g/mol. The maximum absolute atomic E-state index is 12.2. The minimum Gasteiger partial charge on any atom is -0.465 e. The molecule has 0 aromatic heterocycles. The molecule has 3 saturated carbocycles. The summed E-state index contributed by atoms with van der Waals surface area (Å²) in [6.07, 6.45) is 15.0. The minimum absolute atomic E-state index is 0.0926. The van der Waals surface area contributed by atoms with E-state index < -0.39 is 0 Å². The van der Waals surface area contributed by atoms with Crippen LogP contribution in [0.3, 0.4) is 0 Å². The zero-order valence-electron chi connectivity index (χ0n) is 14.0. The van der Waals surface area contributed by atoms with Crippen LogP contribution < -0.4 is 0 Å². The van der Waals surface area contributed by atoms with Gasteiger partial charge in [0.05, 0.1) is 24.0 Å². The summed E-state index contributed by atoms with van der Waals surface area (Å²) in [6, 6.07) is 0. The van der Waals surface area contributed by atoms with Crippen molar-refractivity contribution in [1.82, 2.24) is 0 Å². The second kappa shape index (κ2) is 7.06. The first-order valence-corrected chi connectivity index (χ1v) is 9.16. The molecule has 4 heteroatoms. The summed E-state index contributed by atoms with van der Waals surface area (Å²) in [5.74, 6) is -0.185. The molecule has 128 valence electrons. The van der Waals surface area contributed by atoms with Gasteiger partial charge in [0.15, 0.2) is 0 Å². The molecule has 0 spiro atoms. The number of rotatable bonds is 0. The first-order chi connectivity index (χ1) is 11.2. The predicted molar refractivity (Wildman–Crippen MR) is 86.7 cm³/mol. The molecule has 0 atom stereocenters. The molecule has 3 aliphatic carbocycles. The van der Waals surface area contributed by atoms with Crippen molar-refractivity contribution in [2.45, 2.75) is 70.6 Å². The standard InChI is InChI=1S/C19H28O4/c20-16-18-13-19(14-18,15-18)17(21)23-12-10-8-6-4-2-1-3-5-7-9-11-22-16/h1-2H,3-15H2/b2-1+. The second-order valence-electron chi connectivity index (χ2n) is 7.53. The number of allylic oxidation sites excluding steroid dienone is 2. The molecule has 3 heterocycles. The monoisotopic (exact) mass is 320 g/mol. The molecule has 3 aliphatic heterocycles. The normalized spacial score (nSPS) is 37.7. The zero-order valence-corrected chi connectivity index (χ0v) is 14.0. The van der Waals surface area contributed by atoms with Gasteiger partial charge in [-0.15, -0.1) is 0 Å². The first kappa shape index (κ1) is 16.5. The Bertz CT molecular complexity index is 420. The molecule has 0 aromatic carbocycles. The number of hydrogen-bond donors (Lipinski definition) is 0. The lowest BCUT2D eigenvalue weighted by molar-refractivity contribution is -0.237.